The minimum Gasteiger partial charge on any atom is -0.372 e. The molecule has 0 aromatic heterocycles. The SMILES string of the molecule is O=C(NCc1cccc(Cl)c1F)C1(O)CCN(c2cccc(Cl)c2)C1=O. The van der Waals surface area contributed by atoms with E-state index in [1.165, 1.54) is 17.0 Å². The van der Waals surface area contributed by atoms with E-state index in [9.17, 15) is 19.1 Å². The summed E-state index contributed by atoms with van der Waals surface area (Å²) in [5, 5.41) is 13.3. The quantitative estimate of drug-likeness (QED) is 0.780. The topological polar surface area (TPSA) is 69.6 Å². The van der Waals surface area contributed by atoms with Crippen molar-refractivity contribution in [2.75, 3.05) is 11.4 Å². The molecule has 26 heavy (non-hydrogen) atoms. The highest BCUT2D eigenvalue weighted by Crippen LogP contribution is 2.30. The molecular formula is C18H15Cl2FN2O3. The Labute approximate surface area is 159 Å². The van der Waals surface area contributed by atoms with Gasteiger partial charge in [0.05, 0.1) is 5.02 Å². The third-order valence-electron chi connectivity index (χ3n) is 4.26. The number of carbonyl (C=O) groups is 2. The van der Waals surface area contributed by atoms with Gasteiger partial charge in [0, 0.05) is 35.8 Å². The Kier molecular flexibility index (Phi) is 5.18. The molecule has 0 aliphatic carbocycles. The summed E-state index contributed by atoms with van der Waals surface area (Å²) in [5.74, 6) is -2.28. The van der Waals surface area contributed by atoms with Crippen molar-refractivity contribution in [3.63, 3.8) is 0 Å². The minimum absolute atomic E-state index is 0.0699. The summed E-state index contributed by atoms with van der Waals surface area (Å²) in [4.78, 5) is 26.3. The number of amides is 2. The van der Waals surface area contributed by atoms with Crippen molar-refractivity contribution < 1.29 is 19.1 Å². The molecule has 2 amide bonds. The molecule has 0 saturated carbocycles. The van der Waals surface area contributed by atoms with Gasteiger partial charge in [-0.3, -0.25) is 9.59 Å². The van der Waals surface area contributed by atoms with Gasteiger partial charge >= 0.3 is 0 Å². The molecule has 136 valence electrons. The number of anilines is 1. The predicted molar refractivity (Wildman–Crippen MR) is 96.6 cm³/mol. The van der Waals surface area contributed by atoms with Crippen molar-refractivity contribution in [2.45, 2.75) is 18.6 Å². The van der Waals surface area contributed by atoms with Crippen molar-refractivity contribution in [2.24, 2.45) is 0 Å². The highest BCUT2D eigenvalue weighted by atomic mass is 35.5. The first kappa shape index (κ1) is 18.6. The van der Waals surface area contributed by atoms with Crippen LogP contribution in [0.3, 0.4) is 0 Å². The number of hydrogen-bond donors (Lipinski definition) is 2. The lowest BCUT2D eigenvalue weighted by Gasteiger charge is -2.22. The van der Waals surface area contributed by atoms with Gasteiger partial charge in [0.2, 0.25) is 5.60 Å². The second kappa shape index (κ2) is 7.23. The van der Waals surface area contributed by atoms with E-state index in [-0.39, 0.29) is 30.1 Å². The number of rotatable bonds is 4. The molecule has 0 bridgehead atoms. The molecular weight excluding hydrogens is 382 g/mol. The van der Waals surface area contributed by atoms with Gasteiger partial charge in [-0.1, -0.05) is 41.4 Å². The van der Waals surface area contributed by atoms with Crippen LogP contribution in [-0.4, -0.2) is 29.1 Å². The number of benzene rings is 2. The van der Waals surface area contributed by atoms with Crippen LogP contribution >= 0.6 is 23.2 Å². The molecule has 2 N–H and O–H groups in total. The molecule has 2 aromatic rings. The summed E-state index contributed by atoms with van der Waals surface area (Å²) in [7, 11) is 0. The Morgan fingerprint density at radius 3 is 2.73 bits per heavy atom. The highest BCUT2D eigenvalue weighted by molar-refractivity contribution is 6.31. The van der Waals surface area contributed by atoms with Crippen molar-refractivity contribution in [1.82, 2.24) is 5.32 Å². The van der Waals surface area contributed by atoms with Crippen LogP contribution in [0.5, 0.6) is 0 Å². The molecule has 1 saturated heterocycles. The van der Waals surface area contributed by atoms with Crippen LogP contribution in [0.4, 0.5) is 10.1 Å². The van der Waals surface area contributed by atoms with Crippen LogP contribution in [0.15, 0.2) is 42.5 Å². The Hall–Kier alpha value is -2.15. The second-order valence-corrected chi connectivity index (χ2v) is 6.79. The largest absolute Gasteiger partial charge is 0.372 e. The van der Waals surface area contributed by atoms with Gasteiger partial charge in [-0.05, 0) is 24.3 Å². The molecule has 1 fully saturated rings. The Balaban J connectivity index is 1.73. The van der Waals surface area contributed by atoms with Crippen LogP contribution in [0.1, 0.15) is 12.0 Å². The molecule has 2 aromatic carbocycles. The standard InChI is InChI=1S/C18H15Cl2FN2O3/c19-12-4-2-5-13(9-12)23-8-7-18(26,17(23)25)16(24)22-10-11-3-1-6-14(20)15(11)21/h1-6,9,26H,7-8,10H2,(H,22,24). The summed E-state index contributed by atoms with van der Waals surface area (Å²) in [6.45, 7) is -0.0351. The average Bonchev–Trinajstić information content (AvgIpc) is 2.92. The van der Waals surface area contributed by atoms with Gasteiger partial charge in [0.25, 0.3) is 11.8 Å². The fraction of sp³-hybridized carbons (Fsp3) is 0.222. The summed E-state index contributed by atoms with van der Waals surface area (Å²) >= 11 is 11.6. The monoisotopic (exact) mass is 396 g/mol. The number of nitrogens with one attached hydrogen (secondary N) is 1. The number of hydrogen-bond acceptors (Lipinski definition) is 3. The van der Waals surface area contributed by atoms with Crippen LogP contribution in [0.25, 0.3) is 0 Å². The lowest BCUT2D eigenvalue weighted by molar-refractivity contribution is -0.149. The molecule has 1 unspecified atom stereocenters. The summed E-state index contributed by atoms with van der Waals surface area (Å²) < 4.78 is 13.9. The summed E-state index contributed by atoms with van der Waals surface area (Å²) in [6.07, 6.45) is -0.0811. The van der Waals surface area contributed by atoms with Gasteiger partial charge in [-0.25, -0.2) is 4.39 Å². The van der Waals surface area contributed by atoms with E-state index in [4.69, 9.17) is 23.2 Å². The van der Waals surface area contributed by atoms with E-state index >= 15 is 0 Å². The van der Waals surface area contributed by atoms with E-state index in [0.717, 1.165) is 0 Å². The molecule has 1 heterocycles. The molecule has 0 spiro atoms. The van der Waals surface area contributed by atoms with Crippen molar-refractivity contribution in [3.05, 3.63) is 63.9 Å². The number of aliphatic hydroxyl groups is 1. The zero-order valence-electron chi connectivity index (χ0n) is 13.5. The normalized spacial score (nSPS) is 19.7. The minimum atomic E-state index is -2.21. The molecule has 1 atom stereocenters. The zero-order chi connectivity index (χ0) is 18.9. The maximum atomic E-state index is 13.9. The van der Waals surface area contributed by atoms with Crippen LogP contribution in [0, 0.1) is 5.82 Å². The summed E-state index contributed by atoms with van der Waals surface area (Å²) in [6, 6.07) is 11.0. The molecule has 3 rings (SSSR count). The molecule has 1 aliphatic rings. The molecule has 1 aliphatic heterocycles. The lowest BCUT2D eigenvalue weighted by atomic mass is 10.0. The maximum Gasteiger partial charge on any atom is 0.268 e. The Bertz CT molecular complexity index is 877. The number of nitrogens with zero attached hydrogens (tertiary/aromatic N) is 1. The van der Waals surface area contributed by atoms with E-state index in [0.29, 0.717) is 10.7 Å². The second-order valence-electron chi connectivity index (χ2n) is 5.94. The predicted octanol–water partition coefficient (Wildman–Crippen LogP) is 2.92. The Morgan fingerprint density at radius 2 is 2.00 bits per heavy atom. The van der Waals surface area contributed by atoms with Crippen molar-refractivity contribution in [3.8, 4) is 0 Å². The summed E-state index contributed by atoms with van der Waals surface area (Å²) in [5.41, 5.74) is -1.56. The van der Waals surface area contributed by atoms with E-state index in [2.05, 4.69) is 5.32 Å². The number of carbonyl (C=O) groups excluding carboxylic acids is 2. The average molecular weight is 397 g/mol. The third kappa shape index (κ3) is 3.40. The first-order valence-corrected chi connectivity index (χ1v) is 8.59. The van der Waals surface area contributed by atoms with Gasteiger partial charge in [0.1, 0.15) is 5.82 Å². The fourth-order valence-corrected chi connectivity index (χ4v) is 3.19. The lowest BCUT2D eigenvalue weighted by Crippen LogP contribution is -2.52. The number of halogens is 3. The Morgan fingerprint density at radius 1 is 1.27 bits per heavy atom. The van der Waals surface area contributed by atoms with Gasteiger partial charge < -0.3 is 15.3 Å². The van der Waals surface area contributed by atoms with Gasteiger partial charge in [-0.15, -0.1) is 0 Å². The third-order valence-corrected chi connectivity index (χ3v) is 4.79. The van der Waals surface area contributed by atoms with Gasteiger partial charge in [0.15, 0.2) is 0 Å². The van der Waals surface area contributed by atoms with Crippen LogP contribution < -0.4 is 10.2 Å². The fourth-order valence-electron chi connectivity index (χ4n) is 2.81. The van der Waals surface area contributed by atoms with Crippen LogP contribution in [0.2, 0.25) is 10.0 Å². The molecule has 8 heteroatoms. The highest BCUT2D eigenvalue weighted by Gasteiger charge is 2.51. The van der Waals surface area contributed by atoms with Crippen molar-refractivity contribution in [1.29, 1.82) is 0 Å². The smallest absolute Gasteiger partial charge is 0.268 e. The van der Waals surface area contributed by atoms with Gasteiger partial charge in [-0.2, -0.15) is 0 Å². The maximum absolute atomic E-state index is 13.9. The van der Waals surface area contributed by atoms with Crippen molar-refractivity contribution >= 4 is 40.7 Å². The van der Waals surface area contributed by atoms with E-state index in [1.54, 1.807) is 30.3 Å². The van der Waals surface area contributed by atoms with E-state index < -0.39 is 23.2 Å². The van der Waals surface area contributed by atoms with E-state index in [1.807, 2.05) is 0 Å². The first-order valence-electron chi connectivity index (χ1n) is 7.84. The first-order chi connectivity index (χ1) is 12.3. The molecule has 0 radical (unpaired) electrons. The van der Waals surface area contributed by atoms with Crippen LogP contribution in [-0.2, 0) is 16.1 Å². The zero-order valence-corrected chi connectivity index (χ0v) is 15.0. The molecule has 5 nitrogen and oxygen atoms in total.